The largest absolute Gasteiger partial charge is 0.338 e. The number of aromatic nitrogens is 4. The first kappa shape index (κ1) is 17.0. The molecule has 0 N–H and O–H groups in total. The normalized spacial score (nSPS) is 17.8. The summed E-state index contributed by atoms with van der Waals surface area (Å²) in [6.45, 7) is 5.07. The molecule has 0 radical (unpaired) electrons. The molecule has 1 aliphatic heterocycles. The first-order valence-electron chi connectivity index (χ1n) is 8.71. The van der Waals surface area contributed by atoms with E-state index in [0.29, 0.717) is 18.1 Å². The zero-order valence-corrected chi connectivity index (χ0v) is 15.9. The maximum Gasteiger partial charge on any atom is 0.271 e. The molecule has 1 amide bonds. The predicted octanol–water partition coefficient (Wildman–Crippen LogP) is 2.13. The number of carbonyl (C=O) groups excluding carboxylic acids is 1. The van der Waals surface area contributed by atoms with Gasteiger partial charge in [-0.25, -0.2) is 9.97 Å². The molecule has 3 aromatic rings. The van der Waals surface area contributed by atoms with Crippen LogP contribution in [0.25, 0.3) is 4.96 Å². The van der Waals surface area contributed by atoms with Crippen LogP contribution < -0.4 is 5.56 Å². The number of aryl methyl sites for hydroxylation is 3. The Hall–Kier alpha value is -2.48. The van der Waals surface area contributed by atoms with E-state index in [4.69, 9.17) is 0 Å². The number of carbonyl (C=O) groups is 1. The van der Waals surface area contributed by atoms with Crippen LogP contribution in [0, 0.1) is 13.8 Å². The summed E-state index contributed by atoms with van der Waals surface area (Å²) in [5, 5.41) is 0. The van der Waals surface area contributed by atoms with Crippen molar-refractivity contribution < 1.29 is 4.79 Å². The molecule has 0 aliphatic carbocycles. The fourth-order valence-corrected chi connectivity index (χ4v) is 4.57. The fourth-order valence-electron chi connectivity index (χ4n) is 3.64. The van der Waals surface area contributed by atoms with E-state index in [9.17, 15) is 9.59 Å². The maximum atomic E-state index is 13.0. The van der Waals surface area contributed by atoms with E-state index in [1.165, 1.54) is 17.5 Å². The van der Waals surface area contributed by atoms with Gasteiger partial charge in [-0.3, -0.25) is 14.0 Å². The van der Waals surface area contributed by atoms with Crippen molar-refractivity contribution >= 4 is 22.2 Å². The van der Waals surface area contributed by atoms with Gasteiger partial charge in [-0.15, -0.1) is 11.3 Å². The summed E-state index contributed by atoms with van der Waals surface area (Å²) in [6.07, 6.45) is 7.02. The van der Waals surface area contributed by atoms with Crippen molar-refractivity contribution in [3.8, 4) is 0 Å². The lowest BCUT2D eigenvalue weighted by molar-refractivity contribution is 0.0701. The van der Waals surface area contributed by atoms with Gasteiger partial charge in [-0.1, -0.05) is 0 Å². The molecule has 4 rings (SSSR count). The van der Waals surface area contributed by atoms with Crippen LogP contribution in [0.4, 0.5) is 0 Å². The predicted molar refractivity (Wildman–Crippen MR) is 99.9 cm³/mol. The van der Waals surface area contributed by atoms with Gasteiger partial charge in [-0.05, 0) is 26.7 Å². The molecule has 26 heavy (non-hydrogen) atoms. The van der Waals surface area contributed by atoms with E-state index in [2.05, 4.69) is 9.97 Å². The van der Waals surface area contributed by atoms with Crippen LogP contribution in [-0.2, 0) is 7.05 Å². The van der Waals surface area contributed by atoms with Crippen molar-refractivity contribution in [2.24, 2.45) is 7.05 Å². The minimum absolute atomic E-state index is 0.142. The number of thiazole rings is 1. The highest BCUT2D eigenvalue weighted by molar-refractivity contribution is 7.17. The van der Waals surface area contributed by atoms with E-state index in [-0.39, 0.29) is 22.9 Å². The quantitative estimate of drug-likeness (QED) is 0.692. The minimum atomic E-state index is -0.277. The minimum Gasteiger partial charge on any atom is -0.338 e. The summed E-state index contributed by atoms with van der Waals surface area (Å²) in [5.74, 6) is 0.938. The molecular weight excluding hydrogens is 350 g/mol. The molecule has 1 aliphatic rings. The smallest absolute Gasteiger partial charge is 0.271 e. The van der Waals surface area contributed by atoms with Gasteiger partial charge in [0.05, 0.1) is 0 Å². The van der Waals surface area contributed by atoms with Crippen molar-refractivity contribution in [3.05, 3.63) is 50.9 Å². The van der Waals surface area contributed by atoms with Crippen molar-refractivity contribution in [2.75, 3.05) is 13.1 Å². The highest BCUT2D eigenvalue weighted by atomic mass is 32.1. The number of hydrogen-bond donors (Lipinski definition) is 0. The molecule has 1 fully saturated rings. The molecule has 1 atom stereocenters. The number of amides is 1. The zero-order chi connectivity index (χ0) is 18.4. The van der Waals surface area contributed by atoms with Crippen LogP contribution in [0.2, 0.25) is 0 Å². The maximum absolute atomic E-state index is 13.0. The lowest BCUT2D eigenvalue weighted by Crippen LogP contribution is -2.42. The second kappa shape index (κ2) is 6.35. The molecule has 0 bridgehead atoms. The molecule has 0 unspecified atom stereocenters. The molecule has 7 nitrogen and oxygen atoms in total. The Bertz CT molecular complexity index is 1050. The van der Waals surface area contributed by atoms with E-state index in [1.807, 2.05) is 31.7 Å². The van der Waals surface area contributed by atoms with Crippen LogP contribution in [0.3, 0.4) is 0 Å². The number of rotatable bonds is 2. The monoisotopic (exact) mass is 371 g/mol. The molecule has 4 heterocycles. The third-order valence-electron chi connectivity index (χ3n) is 5.18. The molecule has 3 aromatic heterocycles. The third kappa shape index (κ3) is 2.65. The van der Waals surface area contributed by atoms with E-state index < -0.39 is 0 Å². The average Bonchev–Trinajstić information content (AvgIpc) is 3.19. The van der Waals surface area contributed by atoms with Crippen LogP contribution in [0.1, 0.15) is 45.5 Å². The number of fused-ring (bicyclic) bond motifs is 1. The fraction of sp³-hybridized carbons (Fsp3) is 0.444. The molecule has 136 valence electrons. The lowest BCUT2D eigenvalue weighted by Gasteiger charge is -2.32. The van der Waals surface area contributed by atoms with Gasteiger partial charge < -0.3 is 9.47 Å². The van der Waals surface area contributed by atoms with Crippen LogP contribution in [0.15, 0.2) is 23.4 Å². The van der Waals surface area contributed by atoms with E-state index >= 15 is 0 Å². The Morgan fingerprint density at radius 1 is 1.31 bits per heavy atom. The summed E-state index contributed by atoms with van der Waals surface area (Å²) >= 11 is 1.47. The van der Waals surface area contributed by atoms with Gasteiger partial charge in [0, 0.05) is 55.2 Å². The molecule has 0 spiro atoms. The number of imidazole rings is 1. The van der Waals surface area contributed by atoms with Gasteiger partial charge >= 0.3 is 0 Å². The number of piperidine rings is 1. The highest BCUT2D eigenvalue weighted by Gasteiger charge is 2.29. The van der Waals surface area contributed by atoms with Crippen molar-refractivity contribution in [3.63, 3.8) is 0 Å². The Kier molecular flexibility index (Phi) is 4.14. The third-order valence-corrected chi connectivity index (χ3v) is 6.25. The van der Waals surface area contributed by atoms with Gasteiger partial charge in [-0.2, -0.15) is 0 Å². The lowest BCUT2D eigenvalue weighted by atomic mass is 9.96. The van der Waals surface area contributed by atoms with Gasteiger partial charge in [0.1, 0.15) is 11.4 Å². The number of nitrogens with zero attached hydrogens (tertiary/aromatic N) is 5. The second-order valence-corrected chi connectivity index (χ2v) is 8.01. The standard InChI is InChI=1S/C18H21N5O2S/c1-11-12(2)26-18-20-9-14(17(25)23(11)18)16(24)22-7-4-5-13(10-22)15-19-6-8-21(15)3/h6,8-9,13H,4-5,7,10H2,1-3H3/t13-/m1/s1. The number of hydrogen-bond acceptors (Lipinski definition) is 5. The summed E-state index contributed by atoms with van der Waals surface area (Å²) in [5.41, 5.74) is 0.714. The Balaban J connectivity index is 1.66. The topological polar surface area (TPSA) is 72.5 Å². The Morgan fingerprint density at radius 2 is 2.12 bits per heavy atom. The van der Waals surface area contributed by atoms with Crippen molar-refractivity contribution in [2.45, 2.75) is 32.6 Å². The van der Waals surface area contributed by atoms with Gasteiger partial charge in [0.25, 0.3) is 11.5 Å². The highest BCUT2D eigenvalue weighted by Crippen LogP contribution is 2.26. The summed E-state index contributed by atoms with van der Waals surface area (Å²) in [4.78, 5) is 38.1. The summed E-state index contributed by atoms with van der Waals surface area (Å²) in [7, 11) is 1.97. The Morgan fingerprint density at radius 3 is 2.85 bits per heavy atom. The van der Waals surface area contributed by atoms with E-state index in [0.717, 1.165) is 29.2 Å². The zero-order valence-electron chi connectivity index (χ0n) is 15.1. The van der Waals surface area contributed by atoms with Crippen LogP contribution in [-0.4, -0.2) is 42.8 Å². The van der Waals surface area contributed by atoms with Crippen LogP contribution >= 0.6 is 11.3 Å². The molecule has 8 heteroatoms. The van der Waals surface area contributed by atoms with Gasteiger partial charge in [0.15, 0.2) is 4.96 Å². The van der Waals surface area contributed by atoms with Gasteiger partial charge in [0.2, 0.25) is 0 Å². The SMILES string of the molecule is Cc1sc2ncc(C(=O)N3CCC[C@@H](c4nccn4C)C3)c(=O)n2c1C. The van der Waals surface area contributed by atoms with Crippen molar-refractivity contribution in [1.29, 1.82) is 0 Å². The Labute approximate surface area is 154 Å². The summed E-state index contributed by atoms with van der Waals surface area (Å²) in [6, 6.07) is 0. The molecule has 0 aromatic carbocycles. The number of likely N-dealkylation sites (tertiary alicyclic amines) is 1. The molecule has 1 saturated heterocycles. The van der Waals surface area contributed by atoms with Crippen molar-refractivity contribution in [1.82, 2.24) is 23.8 Å². The molecule has 0 saturated carbocycles. The van der Waals surface area contributed by atoms with E-state index in [1.54, 1.807) is 15.5 Å². The van der Waals surface area contributed by atoms with Crippen LogP contribution in [0.5, 0.6) is 0 Å². The summed E-state index contributed by atoms with van der Waals surface area (Å²) < 4.78 is 3.55. The second-order valence-electron chi connectivity index (χ2n) is 6.83. The molecular formula is C18H21N5O2S. The average molecular weight is 371 g/mol. The first-order valence-corrected chi connectivity index (χ1v) is 9.53. The first-order chi connectivity index (χ1) is 12.5.